The van der Waals surface area contributed by atoms with E-state index < -0.39 is 0 Å². The van der Waals surface area contributed by atoms with E-state index in [2.05, 4.69) is 48.6 Å². The summed E-state index contributed by atoms with van der Waals surface area (Å²) in [5.74, 6) is 6.44. The minimum atomic E-state index is 0.776. The number of rotatable bonds is 8. The summed E-state index contributed by atoms with van der Waals surface area (Å²) in [4.78, 5) is 0. The lowest BCUT2D eigenvalue weighted by Gasteiger charge is -2.30. The molecule has 4 fully saturated rings. The first-order valence-corrected chi connectivity index (χ1v) is 19.8. The van der Waals surface area contributed by atoms with Crippen molar-refractivity contribution in [2.45, 2.75) is 171 Å². The summed E-state index contributed by atoms with van der Waals surface area (Å²) in [5.41, 5.74) is 13.4. The molecule has 0 aliphatic heterocycles. The predicted octanol–water partition coefficient (Wildman–Crippen LogP) is 13.6. The molecule has 0 saturated heterocycles. The fourth-order valence-corrected chi connectivity index (χ4v) is 10.8. The van der Waals surface area contributed by atoms with Gasteiger partial charge in [0.1, 0.15) is 0 Å². The molecule has 0 atom stereocenters. The second kappa shape index (κ2) is 14.0. The van der Waals surface area contributed by atoms with Crippen LogP contribution in [0, 0.1) is 11.8 Å². The van der Waals surface area contributed by atoms with Crippen molar-refractivity contribution in [1.82, 2.24) is 0 Å². The van der Waals surface area contributed by atoms with Gasteiger partial charge < -0.3 is 0 Å². The third kappa shape index (κ3) is 6.19. The van der Waals surface area contributed by atoms with E-state index in [-0.39, 0.29) is 0 Å². The van der Waals surface area contributed by atoms with Crippen LogP contribution < -0.4 is 0 Å². The maximum Gasteiger partial charge on any atom is 0.0276 e. The van der Waals surface area contributed by atoms with E-state index in [1.165, 1.54) is 148 Å². The average Bonchev–Trinajstić information content (AvgIpc) is 3.74. The van der Waals surface area contributed by atoms with Gasteiger partial charge in [-0.05, 0) is 132 Å². The molecule has 0 heterocycles. The van der Waals surface area contributed by atoms with Crippen molar-refractivity contribution in [3.8, 4) is 0 Å². The molecule has 0 heteroatoms. The van der Waals surface area contributed by atoms with Crippen molar-refractivity contribution in [3.63, 3.8) is 0 Å². The minimum Gasteiger partial charge on any atom is -0.0721 e. The molecule has 4 saturated carbocycles. The summed E-state index contributed by atoms with van der Waals surface area (Å²) in [6, 6.07) is 10.4. The highest BCUT2D eigenvalue weighted by molar-refractivity contribution is 5.75. The maximum atomic E-state index is 2.61. The van der Waals surface area contributed by atoms with Crippen LogP contribution in [0.2, 0.25) is 0 Å². The van der Waals surface area contributed by atoms with Crippen molar-refractivity contribution >= 4 is 12.2 Å². The van der Waals surface area contributed by atoms with Crippen molar-refractivity contribution in [3.05, 3.63) is 92.8 Å². The Kier molecular flexibility index (Phi) is 9.39. The molecule has 238 valence electrons. The van der Waals surface area contributed by atoms with Gasteiger partial charge in [0.05, 0.1) is 0 Å². The van der Waals surface area contributed by atoms with Crippen LogP contribution in [0.4, 0.5) is 0 Å². The zero-order valence-corrected chi connectivity index (χ0v) is 28.2. The molecule has 0 nitrogen and oxygen atoms in total. The third-order valence-corrected chi connectivity index (χ3v) is 13.2. The molecule has 6 aliphatic carbocycles. The summed E-state index contributed by atoms with van der Waals surface area (Å²) >= 11 is 0. The molecule has 0 aromatic heterocycles. The smallest absolute Gasteiger partial charge is 0.0276 e. The van der Waals surface area contributed by atoms with Gasteiger partial charge in [0, 0.05) is 11.8 Å². The van der Waals surface area contributed by atoms with Crippen LogP contribution in [0.5, 0.6) is 0 Å². The third-order valence-electron chi connectivity index (χ3n) is 13.2. The Hall–Kier alpha value is -2.08. The fraction of sp³-hybridized carbons (Fsp3) is 0.600. The van der Waals surface area contributed by atoms with Gasteiger partial charge in [-0.3, -0.25) is 0 Å². The van der Waals surface area contributed by atoms with Gasteiger partial charge in [-0.25, -0.2) is 0 Å². The molecule has 0 N–H and O–H groups in total. The number of hydrogen-bond acceptors (Lipinski definition) is 0. The van der Waals surface area contributed by atoms with Crippen molar-refractivity contribution < 1.29 is 0 Å². The lowest BCUT2D eigenvalue weighted by atomic mass is 9.74. The Bertz CT molecular complexity index is 1260. The van der Waals surface area contributed by atoms with E-state index in [9.17, 15) is 0 Å². The maximum absolute atomic E-state index is 2.61. The molecule has 2 radical (unpaired) electrons. The second-order valence-electron chi connectivity index (χ2n) is 16.0. The summed E-state index contributed by atoms with van der Waals surface area (Å²) < 4.78 is 0. The Morgan fingerprint density at radius 1 is 0.356 bits per heavy atom. The van der Waals surface area contributed by atoms with Gasteiger partial charge in [-0.1, -0.05) is 132 Å². The Balaban J connectivity index is 1.04. The molecule has 0 amide bonds. The Morgan fingerprint density at radius 3 is 1.02 bits per heavy atom. The van der Waals surface area contributed by atoms with Gasteiger partial charge >= 0.3 is 0 Å². The summed E-state index contributed by atoms with van der Waals surface area (Å²) in [5, 5.41) is 0. The monoisotopic (exact) mass is 598 g/mol. The van der Waals surface area contributed by atoms with Crippen LogP contribution in [0.1, 0.15) is 216 Å². The molecule has 2 aromatic rings. The number of benzene rings is 2. The van der Waals surface area contributed by atoms with Crippen LogP contribution in [-0.4, -0.2) is 0 Å². The summed E-state index contributed by atoms with van der Waals surface area (Å²) in [6.07, 6.45) is 42.2. The topological polar surface area (TPSA) is 0 Å². The first-order chi connectivity index (χ1) is 22.3. The SMILES string of the molecule is C1=Cc2c(C3CCCCC3)ccc(C3CCCCC3)c2[C]1CCC[C]1C=Cc2c(C3CCCCC3)ccc(C3CCCCC3)c21. The summed E-state index contributed by atoms with van der Waals surface area (Å²) in [6.45, 7) is 0. The minimum absolute atomic E-state index is 0.776. The standard InChI is InChI=1S/C45H58/c1-5-14-32(15-6-1)38-28-30-40(34-18-9-3-10-19-34)44-36(24-26-42(38)44)22-13-23-37-25-27-43-39(33-16-7-2-8-17-33)29-31-41(45(37)43)35-20-11-4-12-21-35/h24-35H,1-23H2. The highest BCUT2D eigenvalue weighted by Gasteiger charge is 2.33. The van der Waals surface area contributed by atoms with Gasteiger partial charge in [-0.2, -0.15) is 0 Å². The molecular formula is C45H58. The predicted molar refractivity (Wildman–Crippen MR) is 193 cm³/mol. The molecule has 2 aromatic carbocycles. The zero-order valence-electron chi connectivity index (χ0n) is 28.2. The van der Waals surface area contributed by atoms with Crippen molar-refractivity contribution in [2.75, 3.05) is 0 Å². The van der Waals surface area contributed by atoms with Crippen LogP contribution in [-0.2, 0) is 0 Å². The van der Waals surface area contributed by atoms with Crippen molar-refractivity contribution in [2.24, 2.45) is 0 Å². The van der Waals surface area contributed by atoms with E-state index in [0.29, 0.717) is 0 Å². The fourth-order valence-electron chi connectivity index (χ4n) is 10.8. The van der Waals surface area contributed by atoms with Gasteiger partial charge in [-0.15, -0.1) is 0 Å². The quantitative estimate of drug-likeness (QED) is 0.283. The lowest BCUT2D eigenvalue weighted by molar-refractivity contribution is 0.437. The number of hydrogen-bond donors (Lipinski definition) is 0. The van der Waals surface area contributed by atoms with E-state index in [1.807, 2.05) is 0 Å². The lowest BCUT2D eigenvalue weighted by Crippen LogP contribution is -2.14. The van der Waals surface area contributed by atoms with E-state index >= 15 is 0 Å². The van der Waals surface area contributed by atoms with E-state index in [0.717, 1.165) is 23.7 Å². The normalized spacial score (nSPS) is 24.0. The van der Waals surface area contributed by atoms with Gasteiger partial charge in [0.15, 0.2) is 0 Å². The first kappa shape index (κ1) is 30.3. The Labute approximate surface area is 275 Å². The molecule has 6 aliphatic rings. The molecule has 45 heavy (non-hydrogen) atoms. The molecular weight excluding hydrogens is 540 g/mol. The zero-order chi connectivity index (χ0) is 30.0. The van der Waals surface area contributed by atoms with Crippen LogP contribution in [0.3, 0.4) is 0 Å². The van der Waals surface area contributed by atoms with Gasteiger partial charge in [0.25, 0.3) is 0 Å². The largest absolute Gasteiger partial charge is 0.0721 e. The molecule has 0 unspecified atom stereocenters. The van der Waals surface area contributed by atoms with Crippen LogP contribution in [0.15, 0.2) is 36.4 Å². The molecule has 8 rings (SSSR count). The number of allylic oxidation sites excluding steroid dienone is 2. The molecule has 0 bridgehead atoms. The molecule has 0 spiro atoms. The summed E-state index contributed by atoms with van der Waals surface area (Å²) in [7, 11) is 0. The highest BCUT2D eigenvalue weighted by Crippen LogP contribution is 2.49. The van der Waals surface area contributed by atoms with E-state index in [4.69, 9.17) is 0 Å². The Morgan fingerprint density at radius 2 is 0.667 bits per heavy atom. The number of fused-ring (bicyclic) bond motifs is 2. The van der Waals surface area contributed by atoms with Crippen molar-refractivity contribution in [1.29, 1.82) is 0 Å². The van der Waals surface area contributed by atoms with Crippen LogP contribution >= 0.6 is 0 Å². The average molecular weight is 599 g/mol. The first-order valence-electron chi connectivity index (χ1n) is 19.8. The van der Waals surface area contributed by atoms with Gasteiger partial charge in [0.2, 0.25) is 0 Å². The second-order valence-corrected chi connectivity index (χ2v) is 16.0. The van der Waals surface area contributed by atoms with E-state index in [1.54, 1.807) is 56.3 Å². The van der Waals surface area contributed by atoms with Crippen LogP contribution in [0.25, 0.3) is 12.2 Å². The highest BCUT2D eigenvalue weighted by atomic mass is 14.4.